The Balaban J connectivity index is 1.48. The number of benzene rings is 2. The highest BCUT2D eigenvalue weighted by Gasteiger charge is 2.21. The number of nitrogens with zero attached hydrogens (tertiary/aromatic N) is 2. The molecule has 0 spiro atoms. The quantitative estimate of drug-likeness (QED) is 0.313. The van der Waals surface area contributed by atoms with Gasteiger partial charge in [0.05, 0.1) is 12.4 Å². The SMILES string of the molecule is CCCCc1ccc(C=NN=Cc2ccc(C3CCC(CCC)CC3)cc2)cc1. The van der Waals surface area contributed by atoms with Crippen molar-refractivity contribution in [3.63, 3.8) is 0 Å². The van der Waals surface area contributed by atoms with Gasteiger partial charge in [0.25, 0.3) is 0 Å². The average Bonchev–Trinajstić information content (AvgIpc) is 2.77. The van der Waals surface area contributed by atoms with Crippen LogP contribution in [0.1, 0.15) is 93.4 Å². The molecule has 0 N–H and O–H groups in total. The maximum Gasteiger partial charge on any atom is 0.0568 e. The first kappa shape index (κ1) is 21.5. The van der Waals surface area contributed by atoms with Crippen LogP contribution < -0.4 is 0 Å². The molecule has 0 radical (unpaired) electrons. The van der Waals surface area contributed by atoms with Crippen molar-refractivity contribution in [1.29, 1.82) is 0 Å². The Morgan fingerprint density at radius 3 is 1.90 bits per heavy atom. The zero-order valence-corrected chi connectivity index (χ0v) is 18.2. The average molecular weight is 389 g/mol. The third-order valence-electron chi connectivity index (χ3n) is 6.23. The minimum atomic E-state index is 0.743. The summed E-state index contributed by atoms with van der Waals surface area (Å²) in [6.45, 7) is 4.53. The number of hydrogen-bond donors (Lipinski definition) is 0. The molecule has 2 heteroatoms. The Morgan fingerprint density at radius 1 is 0.759 bits per heavy atom. The van der Waals surface area contributed by atoms with Crippen LogP contribution in [-0.2, 0) is 6.42 Å². The molecule has 0 unspecified atom stereocenters. The van der Waals surface area contributed by atoms with Crippen LogP contribution >= 0.6 is 0 Å². The molecule has 1 aliphatic rings. The molecule has 0 atom stereocenters. The van der Waals surface area contributed by atoms with Crippen LogP contribution in [0.5, 0.6) is 0 Å². The third kappa shape index (κ3) is 6.96. The Morgan fingerprint density at radius 2 is 1.34 bits per heavy atom. The largest absolute Gasteiger partial charge is 0.159 e. The Labute approximate surface area is 177 Å². The molecular weight excluding hydrogens is 352 g/mol. The number of unbranched alkanes of at least 4 members (excludes halogenated alkanes) is 1. The molecule has 1 saturated carbocycles. The van der Waals surface area contributed by atoms with Crippen LogP contribution in [0, 0.1) is 5.92 Å². The molecule has 2 aromatic rings. The first-order chi connectivity index (χ1) is 14.3. The molecule has 29 heavy (non-hydrogen) atoms. The Kier molecular flexibility index (Phi) is 8.67. The van der Waals surface area contributed by atoms with Gasteiger partial charge < -0.3 is 0 Å². The molecular formula is C27H36N2. The Hall–Kier alpha value is -2.22. The van der Waals surface area contributed by atoms with Crippen LogP contribution in [0.4, 0.5) is 0 Å². The highest BCUT2D eigenvalue weighted by molar-refractivity contribution is 5.82. The highest BCUT2D eigenvalue weighted by Crippen LogP contribution is 2.37. The van der Waals surface area contributed by atoms with Gasteiger partial charge in [-0.25, -0.2) is 0 Å². The van der Waals surface area contributed by atoms with E-state index >= 15 is 0 Å². The lowest BCUT2D eigenvalue weighted by atomic mass is 9.77. The van der Waals surface area contributed by atoms with E-state index in [4.69, 9.17) is 0 Å². The normalized spacial score (nSPS) is 19.9. The van der Waals surface area contributed by atoms with Gasteiger partial charge >= 0.3 is 0 Å². The maximum absolute atomic E-state index is 4.23. The summed E-state index contributed by atoms with van der Waals surface area (Å²) < 4.78 is 0. The van der Waals surface area contributed by atoms with Crippen LogP contribution in [0.3, 0.4) is 0 Å². The molecule has 3 rings (SSSR count). The van der Waals surface area contributed by atoms with Crippen LogP contribution in [-0.4, -0.2) is 12.4 Å². The summed E-state index contributed by atoms with van der Waals surface area (Å²) in [6.07, 6.45) is 15.5. The highest BCUT2D eigenvalue weighted by atomic mass is 15.2. The summed E-state index contributed by atoms with van der Waals surface area (Å²) in [4.78, 5) is 0. The molecule has 0 bridgehead atoms. The number of rotatable bonds is 9. The van der Waals surface area contributed by atoms with Gasteiger partial charge in [0.2, 0.25) is 0 Å². The van der Waals surface area contributed by atoms with E-state index < -0.39 is 0 Å². The lowest BCUT2D eigenvalue weighted by molar-refractivity contribution is 0.308. The predicted octanol–water partition coefficient (Wildman–Crippen LogP) is 7.56. The van der Waals surface area contributed by atoms with Crippen molar-refractivity contribution in [2.75, 3.05) is 0 Å². The number of hydrogen-bond acceptors (Lipinski definition) is 2. The van der Waals surface area contributed by atoms with Crippen molar-refractivity contribution in [1.82, 2.24) is 0 Å². The van der Waals surface area contributed by atoms with Crippen molar-refractivity contribution in [2.24, 2.45) is 16.1 Å². The van der Waals surface area contributed by atoms with Gasteiger partial charge in [0.1, 0.15) is 0 Å². The van der Waals surface area contributed by atoms with Crippen LogP contribution in [0.2, 0.25) is 0 Å². The maximum atomic E-state index is 4.23. The minimum Gasteiger partial charge on any atom is -0.159 e. The molecule has 0 aromatic heterocycles. The summed E-state index contributed by atoms with van der Waals surface area (Å²) in [7, 11) is 0. The monoisotopic (exact) mass is 388 g/mol. The van der Waals surface area contributed by atoms with E-state index in [-0.39, 0.29) is 0 Å². The molecule has 0 amide bonds. The molecule has 1 fully saturated rings. The Bertz CT molecular complexity index is 763. The fourth-order valence-electron chi connectivity index (χ4n) is 4.40. The lowest BCUT2D eigenvalue weighted by Crippen LogP contribution is -2.13. The fourth-order valence-corrected chi connectivity index (χ4v) is 4.40. The predicted molar refractivity (Wildman–Crippen MR) is 126 cm³/mol. The van der Waals surface area contributed by atoms with E-state index in [9.17, 15) is 0 Å². The molecule has 1 aliphatic carbocycles. The fraction of sp³-hybridized carbons (Fsp3) is 0.481. The molecule has 154 valence electrons. The van der Waals surface area contributed by atoms with Gasteiger partial charge in [-0.1, -0.05) is 81.6 Å². The smallest absolute Gasteiger partial charge is 0.0568 e. The first-order valence-corrected chi connectivity index (χ1v) is 11.5. The zero-order chi connectivity index (χ0) is 20.3. The van der Waals surface area contributed by atoms with Gasteiger partial charge in [-0.15, -0.1) is 0 Å². The molecule has 2 aromatic carbocycles. The molecule has 0 heterocycles. The molecule has 2 nitrogen and oxygen atoms in total. The van der Waals surface area contributed by atoms with Gasteiger partial charge in [0, 0.05) is 0 Å². The van der Waals surface area contributed by atoms with Crippen molar-refractivity contribution in [3.8, 4) is 0 Å². The van der Waals surface area contributed by atoms with E-state index in [1.165, 1.54) is 62.5 Å². The summed E-state index contributed by atoms with van der Waals surface area (Å²) in [6, 6.07) is 17.5. The topological polar surface area (TPSA) is 24.7 Å². The molecule has 0 saturated heterocycles. The third-order valence-corrected chi connectivity index (χ3v) is 6.23. The number of aryl methyl sites for hydroxylation is 1. The van der Waals surface area contributed by atoms with E-state index in [1.807, 2.05) is 12.4 Å². The van der Waals surface area contributed by atoms with Crippen molar-refractivity contribution in [2.45, 2.75) is 77.6 Å². The van der Waals surface area contributed by atoms with E-state index in [1.54, 1.807) is 0 Å². The van der Waals surface area contributed by atoms with Crippen LogP contribution in [0.25, 0.3) is 0 Å². The molecule has 0 aliphatic heterocycles. The second-order valence-electron chi connectivity index (χ2n) is 8.51. The second-order valence-corrected chi connectivity index (χ2v) is 8.51. The summed E-state index contributed by atoms with van der Waals surface area (Å²) in [5, 5.41) is 8.44. The summed E-state index contributed by atoms with van der Waals surface area (Å²) in [5.74, 6) is 1.71. The van der Waals surface area contributed by atoms with Crippen molar-refractivity contribution < 1.29 is 0 Å². The van der Waals surface area contributed by atoms with Crippen molar-refractivity contribution >= 4 is 12.4 Å². The first-order valence-electron chi connectivity index (χ1n) is 11.5. The van der Waals surface area contributed by atoms with Gasteiger partial charge in [0.15, 0.2) is 0 Å². The van der Waals surface area contributed by atoms with Gasteiger partial charge in [-0.3, -0.25) is 0 Å². The van der Waals surface area contributed by atoms with Gasteiger partial charge in [-0.05, 0) is 72.6 Å². The van der Waals surface area contributed by atoms with Crippen molar-refractivity contribution in [3.05, 3.63) is 70.8 Å². The summed E-state index contributed by atoms with van der Waals surface area (Å²) >= 11 is 0. The second kappa shape index (κ2) is 11.7. The van der Waals surface area contributed by atoms with E-state index in [0.29, 0.717) is 0 Å². The van der Waals surface area contributed by atoms with E-state index in [0.717, 1.165) is 29.4 Å². The lowest BCUT2D eigenvalue weighted by Gasteiger charge is -2.28. The van der Waals surface area contributed by atoms with E-state index in [2.05, 4.69) is 72.6 Å². The zero-order valence-electron chi connectivity index (χ0n) is 18.2. The standard InChI is InChI=1S/C27H36N2/c1-3-5-7-23-8-10-24(11-9-23)20-28-29-21-25-14-18-27(19-15-25)26-16-12-22(6-4-2)13-17-26/h8-11,14-15,18-22,26H,3-7,12-13,16-17H2,1-2H3. The van der Waals surface area contributed by atoms with Gasteiger partial charge in [-0.2, -0.15) is 10.2 Å². The van der Waals surface area contributed by atoms with Crippen LogP contribution in [0.15, 0.2) is 58.7 Å². The minimum absolute atomic E-state index is 0.743. The summed E-state index contributed by atoms with van der Waals surface area (Å²) in [5.41, 5.74) is 5.09.